The predicted octanol–water partition coefficient (Wildman–Crippen LogP) is 1.96. The summed E-state index contributed by atoms with van der Waals surface area (Å²) in [5.41, 5.74) is 0.956. The molecule has 0 bridgehead atoms. The molecule has 0 unspecified atom stereocenters. The van der Waals surface area contributed by atoms with Gasteiger partial charge in [-0.2, -0.15) is 4.31 Å². The zero-order valence-electron chi connectivity index (χ0n) is 13.0. The second-order valence-corrected chi connectivity index (χ2v) is 7.30. The maximum Gasteiger partial charge on any atom is 0.255 e. The number of amides is 1. The van der Waals surface area contributed by atoms with Crippen LogP contribution in [-0.4, -0.2) is 44.9 Å². The van der Waals surface area contributed by atoms with Gasteiger partial charge in [0.2, 0.25) is 10.0 Å². The quantitative estimate of drug-likeness (QED) is 0.918. The number of nitrogens with zero attached hydrogens (tertiary/aromatic N) is 1. The lowest BCUT2D eigenvalue weighted by Gasteiger charge is -2.26. The van der Waals surface area contributed by atoms with Crippen molar-refractivity contribution in [3.63, 3.8) is 0 Å². The summed E-state index contributed by atoms with van der Waals surface area (Å²) in [6.45, 7) is 1.46. The van der Waals surface area contributed by atoms with Crippen molar-refractivity contribution in [3.05, 3.63) is 60.2 Å². The van der Waals surface area contributed by atoms with Crippen LogP contribution in [0.5, 0.6) is 0 Å². The molecule has 0 atom stereocenters. The summed E-state index contributed by atoms with van der Waals surface area (Å²) in [6.07, 6.45) is 0. The molecule has 1 fully saturated rings. The second kappa shape index (κ2) is 7.12. The van der Waals surface area contributed by atoms with Gasteiger partial charge in [0.1, 0.15) is 0 Å². The summed E-state index contributed by atoms with van der Waals surface area (Å²) < 4.78 is 31.9. The van der Waals surface area contributed by atoms with Gasteiger partial charge in [-0.3, -0.25) is 4.79 Å². The molecule has 1 heterocycles. The first-order valence-corrected chi connectivity index (χ1v) is 9.06. The van der Waals surface area contributed by atoms with Crippen molar-refractivity contribution < 1.29 is 17.9 Å². The molecule has 24 heavy (non-hydrogen) atoms. The van der Waals surface area contributed by atoms with Crippen LogP contribution in [-0.2, 0) is 14.8 Å². The number of carbonyl (C=O) groups is 1. The SMILES string of the molecule is O=C(Nc1cccc(S(=O)(=O)N2CCOCC2)c1)c1ccccc1. The molecule has 2 aromatic carbocycles. The molecular weight excluding hydrogens is 328 g/mol. The largest absolute Gasteiger partial charge is 0.379 e. The zero-order chi connectivity index (χ0) is 17.0. The van der Waals surface area contributed by atoms with Gasteiger partial charge in [-0.15, -0.1) is 0 Å². The Bertz CT molecular complexity index is 815. The summed E-state index contributed by atoms with van der Waals surface area (Å²) in [4.78, 5) is 12.4. The molecule has 1 aliphatic rings. The average molecular weight is 346 g/mol. The molecule has 126 valence electrons. The Kier molecular flexibility index (Phi) is 4.94. The fraction of sp³-hybridized carbons (Fsp3) is 0.235. The third kappa shape index (κ3) is 3.64. The highest BCUT2D eigenvalue weighted by atomic mass is 32.2. The minimum Gasteiger partial charge on any atom is -0.379 e. The van der Waals surface area contributed by atoms with Gasteiger partial charge in [-0.05, 0) is 30.3 Å². The molecule has 1 amide bonds. The van der Waals surface area contributed by atoms with Gasteiger partial charge in [-0.1, -0.05) is 24.3 Å². The van der Waals surface area contributed by atoms with Crippen molar-refractivity contribution in [2.75, 3.05) is 31.6 Å². The third-order valence-electron chi connectivity index (χ3n) is 3.74. The number of ether oxygens (including phenoxy) is 1. The number of hydrogen-bond donors (Lipinski definition) is 1. The van der Waals surface area contributed by atoms with E-state index in [9.17, 15) is 13.2 Å². The Morgan fingerprint density at radius 2 is 1.71 bits per heavy atom. The highest BCUT2D eigenvalue weighted by Gasteiger charge is 2.26. The number of benzene rings is 2. The van der Waals surface area contributed by atoms with Crippen LogP contribution in [0.2, 0.25) is 0 Å². The number of hydrogen-bond acceptors (Lipinski definition) is 4. The molecule has 1 aliphatic heterocycles. The van der Waals surface area contributed by atoms with E-state index < -0.39 is 10.0 Å². The number of morpholine rings is 1. The molecule has 1 saturated heterocycles. The Hall–Kier alpha value is -2.22. The van der Waals surface area contributed by atoms with Crippen molar-refractivity contribution in [3.8, 4) is 0 Å². The lowest BCUT2D eigenvalue weighted by Crippen LogP contribution is -2.40. The van der Waals surface area contributed by atoms with Gasteiger partial charge in [-0.25, -0.2) is 8.42 Å². The van der Waals surface area contributed by atoms with Crippen molar-refractivity contribution >= 4 is 21.6 Å². The van der Waals surface area contributed by atoms with Crippen LogP contribution >= 0.6 is 0 Å². The summed E-state index contributed by atoms with van der Waals surface area (Å²) in [6, 6.07) is 15.1. The Morgan fingerprint density at radius 1 is 1.00 bits per heavy atom. The van der Waals surface area contributed by atoms with E-state index in [1.807, 2.05) is 6.07 Å². The van der Waals surface area contributed by atoms with Gasteiger partial charge < -0.3 is 10.1 Å². The molecule has 0 saturated carbocycles. The molecule has 7 heteroatoms. The topological polar surface area (TPSA) is 75.7 Å². The first-order valence-electron chi connectivity index (χ1n) is 7.62. The van der Waals surface area contributed by atoms with Gasteiger partial charge >= 0.3 is 0 Å². The molecule has 2 aromatic rings. The maximum atomic E-state index is 12.7. The number of sulfonamides is 1. The number of carbonyl (C=O) groups excluding carboxylic acids is 1. The fourth-order valence-corrected chi connectivity index (χ4v) is 3.92. The van der Waals surface area contributed by atoms with Gasteiger partial charge in [0.25, 0.3) is 5.91 Å². The summed E-state index contributed by atoms with van der Waals surface area (Å²) >= 11 is 0. The molecule has 1 N–H and O–H groups in total. The third-order valence-corrected chi connectivity index (χ3v) is 5.63. The average Bonchev–Trinajstić information content (AvgIpc) is 2.63. The summed E-state index contributed by atoms with van der Waals surface area (Å²) in [5.74, 6) is -0.281. The van der Waals surface area contributed by atoms with E-state index in [2.05, 4.69) is 5.32 Å². The number of nitrogens with one attached hydrogen (secondary N) is 1. The molecule has 0 spiro atoms. The van der Waals surface area contributed by atoms with E-state index in [4.69, 9.17) is 4.74 Å². The van der Waals surface area contributed by atoms with Crippen molar-refractivity contribution in [1.29, 1.82) is 0 Å². The van der Waals surface area contributed by atoms with Crippen molar-refractivity contribution in [1.82, 2.24) is 4.31 Å². The lowest BCUT2D eigenvalue weighted by atomic mass is 10.2. The Balaban J connectivity index is 1.80. The highest BCUT2D eigenvalue weighted by molar-refractivity contribution is 7.89. The van der Waals surface area contributed by atoms with Crippen molar-refractivity contribution in [2.45, 2.75) is 4.90 Å². The molecular formula is C17H18N2O4S. The van der Waals surface area contributed by atoms with Crippen LogP contribution in [0.4, 0.5) is 5.69 Å². The molecule has 6 nitrogen and oxygen atoms in total. The minimum atomic E-state index is -3.58. The second-order valence-electron chi connectivity index (χ2n) is 5.36. The van der Waals surface area contributed by atoms with Crippen LogP contribution in [0.1, 0.15) is 10.4 Å². The first kappa shape index (κ1) is 16.6. The molecule has 3 rings (SSSR count). The summed E-state index contributed by atoms with van der Waals surface area (Å²) in [5, 5.41) is 2.73. The van der Waals surface area contributed by atoms with Gasteiger partial charge in [0.05, 0.1) is 18.1 Å². The van der Waals surface area contributed by atoms with Crippen LogP contribution in [0, 0.1) is 0 Å². The van der Waals surface area contributed by atoms with E-state index in [1.54, 1.807) is 36.4 Å². The van der Waals surface area contributed by atoms with Crippen LogP contribution in [0.15, 0.2) is 59.5 Å². The van der Waals surface area contributed by atoms with Crippen molar-refractivity contribution in [2.24, 2.45) is 0 Å². The number of anilines is 1. The standard InChI is InChI=1S/C17H18N2O4S/c20-17(14-5-2-1-3-6-14)18-15-7-4-8-16(13-15)24(21,22)19-9-11-23-12-10-19/h1-8,13H,9-12H2,(H,18,20). The van der Waals surface area contributed by atoms with Gasteiger partial charge in [0.15, 0.2) is 0 Å². The minimum absolute atomic E-state index is 0.162. The molecule has 0 radical (unpaired) electrons. The molecule has 0 aromatic heterocycles. The smallest absolute Gasteiger partial charge is 0.255 e. The van der Waals surface area contributed by atoms with Gasteiger partial charge in [0, 0.05) is 24.3 Å². The normalized spacial score (nSPS) is 15.8. The van der Waals surface area contributed by atoms with E-state index in [0.717, 1.165) is 0 Å². The van der Waals surface area contributed by atoms with E-state index >= 15 is 0 Å². The van der Waals surface area contributed by atoms with Crippen LogP contribution in [0.3, 0.4) is 0 Å². The Morgan fingerprint density at radius 3 is 2.42 bits per heavy atom. The highest BCUT2D eigenvalue weighted by Crippen LogP contribution is 2.21. The first-order chi connectivity index (χ1) is 11.6. The lowest BCUT2D eigenvalue weighted by molar-refractivity contribution is 0.0730. The van der Waals surface area contributed by atoms with Crippen LogP contribution in [0.25, 0.3) is 0 Å². The maximum absolute atomic E-state index is 12.7. The fourth-order valence-electron chi connectivity index (χ4n) is 2.46. The van der Waals surface area contributed by atoms with Crippen LogP contribution < -0.4 is 5.32 Å². The predicted molar refractivity (Wildman–Crippen MR) is 90.4 cm³/mol. The monoisotopic (exact) mass is 346 g/mol. The molecule has 0 aliphatic carbocycles. The Labute approximate surface area is 141 Å². The number of rotatable bonds is 4. The van der Waals surface area contributed by atoms with E-state index in [-0.39, 0.29) is 10.8 Å². The van der Waals surface area contributed by atoms with E-state index in [0.29, 0.717) is 37.6 Å². The van der Waals surface area contributed by atoms with E-state index in [1.165, 1.54) is 16.4 Å². The zero-order valence-corrected chi connectivity index (χ0v) is 13.8. The summed E-state index contributed by atoms with van der Waals surface area (Å²) in [7, 11) is -3.58.